The van der Waals surface area contributed by atoms with Gasteiger partial charge in [0.05, 0.1) is 7.11 Å². The number of ether oxygens (including phenoxy) is 2. The van der Waals surface area contributed by atoms with Crippen LogP contribution in [0.3, 0.4) is 0 Å². The summed E-state index contributed by atoms with van der Waals surface area (Å²) in [4.78, 5) is 28.2. The molecule has 0 aliphatic carbocycles. The van der Waals surface area contributed by atoms with Gasteiger partial charge in [-0.3, -0.25) is 4.79 Å². The summed E-state index contributed by atoms with van der Waals surface area (Å²) in [5.74, 6) is -0.257. The maximum atomic E-state index is 12.2. The number of fused-ring (bicyclic) bond motifs is 1. The monoisotopic (exact) mass is 350 g/mol. The number of nitrogens with zero attached hydrogens (tertiary/aromatic N) is 1. The highest BCUT2D eigenvalue weighted by atomic mass is 16.5. The Morgan fingerprint density at radius 1 is 1.04 bits per heavy atom. The SMILES string of the molecule is COc1ccc(CNC(=O)COC(=O)c2nccc3ccccc23)cc1. The first kappa shape index (κ1) is 17.4. The summed E-state index contributed by atoms with van der Waals surface area (Å²) in [6.07, 6.45) is 1.54. The number of aromatic nitrogens is 1. The fourth-order valence-electron chi connectivity index (χ4n) is 2.48. The molecule has 2 aromatic carbocycles. The van der Waals surface area contributed by atoms with Crippen molar-refractivity contribution in [1.82, 2.24) is 10.3 Å². The lowest BCUT2D eigenvalue weighted by Crippen LogP contribution is -2.28. The van der Waals surface area contributed by atoms with Crippen molar-refractivity contribution in [3.63, 3.8) is 0 Å². The highest BCUT2D eigenvalue weighted by molar-refractivity contribution is 6.02. The number of carbonyl (C=O) groups is 2. The molecule has 1 aromatic heterocycles. The Balaban J connectivity index is 1.54. The average Bonchev–Trinajstić information content (AvgIpc) is 2.70. The standard InChI is InChI=1S/C20H18N2O4/c1-25-16-8-6-14(7-9-16)12-22-18(23)13-26-20(24)19-17-5-3-2-4-15(17)10-11-21-19/h2-11H,12-13H2,1H3,(H,22,23). The van der Waals surface area contributed by atoms with Crippen LogP contribution in [0.15, 0.2) is 60.8 Å². The fourth-order valence-corrected chi connectivity index (χ4v) is 2.48. The molecule has 6 nitrogen and oxygen atoms in total. The zero-order chi connectivity index (χ0) is 18.4. The summed E-state index contributed by atoms with van der Waals surface area (Å²) in [7, 11) is 1.59. The summed E-state index contributed by atoms with van der Waals surface area (Å²) < 4.78 is 10.2. The van der Waals surface area contributed by atoms with Crippen LogP contribution in [0, 0.1) is 0 Å². The number of nitrogens with one attached hydrogen (secondary N) is 1. The topological polar surface area (TPSA) is 77.5 Å². The van der Waals surface area contributed by atoms with Gasteiger partial charge in [0, 0.05) is 18.1 Å². The molecule has 0 aliphatic heterocycles. The number of hydrogen-bond donors (Lipinski definition) is 1. The minimum atomic E-state index is -0.624. The highest BCUT2D eigenvalue weighted by Crippen LogP contribution is 2.17. The van der Waals surface area contributed by atoms with E-state index in [4.69, 9.17) is 9.47 Å². The Hall–Kier alpha value is -3.41. The minimum Gasteiger partial charge on any atom is -0.497 e. The molecule has 0 saturated heterocycles. The smallest absolute Gasteiger partial charge is 0.358 e. The van der Waals surface area contributed by atoms with Gasteiger partial charge in [0.25, 0.3) is 5.91 Å². The molecule has 3 aromatic rings. The fraction of sp³-hybridized carbons (Fsp3) is 0.150. The molecular weight excluding hydrogens is 332 g/mol. The molecule has 0 bridgehead atoms. The summed E-state index contributed by atoms with van der Waals surface area (Å²) in [6.45, 7) is -0.0210. The second-order valence-electron chi connectivity index (χ2n) is 5.58. The van der Waals surface area contributed by atoms with E-state index >= 15 is 0 Å². The second-order valence-corrected chi connectivity index (χ2v) is 5.58. The van der Waals surface area contributed by atoms with E-state index < -0.39 is 5.97 Å². The molecular formula is C20H18N2O4. The van der Waals surface area contributed by atoms with Crippen molar-refractivity contribution in [2.75, 3.05) is 13.7 Å². The van der Waals surface area contributed by atoms with Crippen molar-refractivity contribution in [2.24, 2.45) is 0 Å². The van der Waals surface area contributed by atoms with Gasteiger partial charge in [-0.2, -0.15) is 0 Å². The lowest BCUT2D eigenvalue weighted by Gasteiger charge is -2.08. The largest absolute Gasteiger partial charge is 0.497 e. The van der Waals surface area contributed by atoms with Gasteiger partial charge in [0.2, 0.25) is 0 Å². The van der Waals surface area contributed by atoms with Crippen molar-refractivity contribution in [1.29, 1.82) is 0 Å². The van der Waals surface area contributed by atoms with Gasteiger partial charge in [-0.1, -0.05) is 36.4 Å². The number of amides is 1. The van der Waals surface area contributed by atoms with Crippen LogP contribution < -0.4 is 10.1 Å². The van der Waals surface area contributed by atoms with Crippen molar-refractivity contribution in [2.45, 2.75) is 6.54 Å². The summed E-state index contributed by atoms with van der Waals surface area (Å²) in [5.41, 5.74) is 1.12. The number of hydrogen-bond acceptors (Lipinski definition) is 5. The van der Waals surface area contributed by atoms with E-state index in [1.54, 1.807) is 19.4 Å². The Labute approximate surface area is 150 Å². The Bertz CT molecular complexity index is 917. The number of pyridine rings is 1. The van der Waals surface area contributed by atoms with Crippen LogP contribution in [0.25, 0.3) is 10.8 Å². The Kier molecular flexibility index (Phi) is 5.43. The molecule has 0 fully saturated rings. The van der Waals surface area contributed by atoms with Crippen molar-refractivity contribution in [3.05, 3.63) is 72.1 Å². The molecule has 132 valence electrons. The van der Waals surface area contributed by atoms with Gasteiger partial charge in [0.15, 0.2) is 12.3 Å². The quantitative estimate of drug-likeness (QED) is 0.692. The second kappa shape index (κ2) is 8.11. The predicted molar refractivity (Wildman–Crippen MR) is 96.9 cm³/mol. The molecule has 1 N–H and O–H groups in total. The molecule has 0 spiro atoms. The van der Waals surface area contributed by atoms with E-state index in [1.165, 1.54) is 0 Å². The summed E-state index contributed by atoms with van der Waals surface area (Å²) in [5, 5.41) is 4.28. The normalized spacial score (nSPS) is 10.3. The predicted octanol–water partition coefficient (Wildman–Crippen LogP) is 2.72. The highest BCUT2D eigenvalue weighted by Gasteiger charge is 2.14. The van der Waals surface area contributed by atoms with Crippen molar-refractivity contribution in [3.8, 4) is 5.75 Å². The number of benzene rings is 2. The van der Waals surface area contributed by atoms with Crippen LogP contribution in [-0.2, 0) is 16.1 Å². The van der Waals surface area contributed by atoms with E-state index in [0.717, 1.165) is 16.7 Å². The molecule has 1 heterocycles. The number of rotatable bonds is 6. The molecule has 0 aliphatic rings. The minimum absolute atomic E-state index is 0.200. The third-order valence-corrected chi connectivity index (χ3v) is 3.85. The van der Waals surface area contributed by atoms with E-state index in [-0.39, 0.29) is 18.2 Å². The van der Waals surface area contributed by atoms with Gasteiger partial charge in [-0.15, -0.1) is 0 Å². The van der Waals surface area contributed by atoms with Crippen LogP contribution in [0.4, 0.5) is 0 Å². The molecule has 6 heteroatoms. The van der Waals surface area contributed by atoms with Crippen molar-refractivity contribution < 1.29 is 19.1 Å². The van der Waals surface area contributed by atoms with Crippen LogP contribution in [0.5, 0.6) is 5.75 Å². The molecule has 0 unspecified atom stereocenters. The first-order valence-corrected chi connectivity index (χ1v) is 8.08. The van der Waals surface area contributed by atoms with E-state index in [9.17, 15) is 9.59 Å². The van der Waals surface area contributed by atoms with Crippen LogP contribution in [-0.4, -0.2) is 30.6 Å². The van der Waals surface area contributed by atoms with E-state index in [2.05, 4.69) is 10.3 Å². The molecule has 0 radical (unpaired) electrons. The maximum absolute atomic E-state index is 12.2. The molecule has 3 rings (SSSR count). The van der Waals surface area contributed by atoms with Crippen LogP contribution >= 0.6 is 0 Å². The Morgan fingerprint density at radius 2 is 1.81 bits per heavy atom. The molecule has 1 amide bonds. The maximum Gasteiger partial charge on any atom is 0.358 e. The van der Waals surface area contributed by atoms with Gasteiger partial charge in [-0.25, -0.2) is 9.78 Å². The third kappa shape index (κ3) is 4.16. The number of methoxy groups -OCH3 is 1. The first-order valence-electron chi connectivity index (χ1n) is 8.08. The lowest BCUT2D eigenvalue weighted by atomic mass is 10.1. The molecule has 0 saturated carbocycles. The van der Waals surface area contributed by atoms with Gasteiger partial charge in [0.1, 0.15) is 5.75 Å². The lowest BCUT2D eigenvalue weighted by molar-refractivity contribution is -0.124. The van der Waals surface area contributed by atoms with E-state index in [0.29, 0.717) is 11.9 Å². The summed E-state index contributed by atoms with van der Waals surface area (Å²) in [6, 6.07) is 16.5. The third-order valence-electron chi connectivity index (χ3n) is 3.85. The first-order chi connectivity index (χ1) is 12.7. The summed E-state index contributed by atoms with van der Waals surface area (Å²) >= 11 is 0. The van der Waals surface area contributed by atoms with Gasteiger partial charge in [-0.05, 0) is 29.1 Å². The molecule has 26 heavy (non-hydrogen) atoms. The van der Waals surface area contributed by atoms with E-state index in [1.807, 2.05) is 48.5 Å². The van der Waals surface area contributed by atoms with Crippen LogP contribution in [0.2, 0.25) is 0 Å². The Morgan fingerprint density at radius 3 is 2.58 bits per heavy atom. The zero-order valence-corrected chi connectivity index (χ0v) is 14.3. The van der Waals surface area contributed by atoms with Gasteiger partial charge < -0.3 is 14.8 Å². The average molecular weight is 350 g/mol. The number of esters is 1. The zero-order valence-electron chi connectivity index (χ0n) is 14.3. The molecule has 0 atom stereocenters. The van der Waals surface area contributed by atoms with Crippen molar-refractivity contribution >= 4 is 22.6 Å². The number of carbonyl (C=O) groups excluding carboxylic acids is 2. The van der Waals surface area contributed by atoms with Gasteiger partial charge >= 0.3 is 5.97 Å². The van der Waals surface area contributed by atoms with Crippen LogP contribution in [0.1, 0.15) is 16.1 Å².